The summed E-state index contributed by atoms with van der Waals surface area (Å²) in [7, 11) is 0. The lowest BCUT2D eigenvalue weighted by atomic mass is 10.2. The van der Waals surface area contributed by atoms with Crippen LogP contribution in [-0.4, -0.2) is 30.2 Å². The van der Waals surface area contributed by atoms with Gasteiger partial charge in [-0.1, -0.05) is 0 Å². The summed E-state index contributed by atoms with van der Waals surface area (Å²) < 4.78 is 11.2. The van der Waals surface area contributed by atoms with E-state index in [0.717, 1.165) is 30.9 Å². The number of carbonyl (C=O) groups excluding carboxylic acids is 1. The topological polar surface area (TPSA) is 60.5 Å². The van der Waals surface area contributed by atoms with Gasteiger partial charge >= 0.3 is 0 Å². The Morgan fingerprint density at radius 2 is 2.18 bits per heavy atom. The standard InChI is InChI=1S/C17H18N2O3/c20-17(13-3-1-9-18-11-13)19-14-5-7-15(8-6-14)22-12-16-4-2-10-21-16/h1,3,5-9,11,16H,2,4,10,12H2,(H,19,20)/t16-/m1/s1. The summed E-state index contributed by atoms with van der Waals surface area (Å²) in [6.07, 6.45) is 5.53. The van der Waals surface area contributed by atoms with E-state index in [2.05, 4.69) is 10.3 Å². The van der Waals surface area contributed by atoms with Gasteiger partial charge in [-0.2, -0.15) is 0 Å². The van der Waals surface area contributed by atoms with Crippen LogP contribution < -0.4 is 10.1 Å². The molecule has 3 rings (SSSR count). The maximum Gasteiger partial charge on any atom is 0.257 e. The highest BCUT2D eigenvalue weighted by Crippen LogP contribution is 2.18. The summed E-state index contributed by atoms with van der Waals surface area (Å²) in [4.78, 5) is 15.9. The summed E-state index contributed by atoms with van der Waals surface area (Å²) in [5.74, 6) is 0.594. The highest BCUT2D eigenvalue weighted by Gasteiger charge is 2.15. The van der Waals surface area contributed by atoms with Crippen LogP contribution in [-0.2, 0) is 4.74 Å². The first-order chi connectivity index (χ1) is 10.8. The highest BCUT2D eigenvalue weighted by molar-refractivity contribution is 6.04. The first kappa shape index (κ1) is 14.5. The summed E-state index contributed by atoms with van der Waals surface area (Å²) >= 11 is 0. The van der Waals surface area contributed by atoms with Gasteiger partial charge in [0.05, 0.1) is 11.7 Å². The highest BCUT2D eigenvalue weighted by atomic mass is 16.5. The Balaban J connectivity index is 1.53. The molecule has 2 aromatic rings. The first-order valence-electron chi connectivity index (χ1n) is 7.37. The Morgan fingerprint density at radius 1 is 1.32 bits per heavy atom. The summed E-state index contributed by atoms with van der Waals surface area (Å²) in [5.41, 5.74) is 1.25. The second-order valence-corrected chi connectivity index (χ2v) is 5.17. The van der Waals surface area contributed by atoms with Crippen LogP contribution in [0.4, 0.5) is 5.69 Å². The Morgan fingerprint density at radius 3 is 2.86 bits per heavy atom. The number of ether oxygens (including phenoxy) is 2. The number of benzene rings is 1. The van der Waals surface area contributed by atoms with Crippen molar-refractivity contribution in [2.45, 2.75) is 18.9 Å². The molecule has 2 heterocycles. The molecule has 1 amide bonds. The maximum atomic E-state index is 12.0. The van der Waals surface area contributed by atoms with Crippen molar-refractivity contribution in [1.82, 2.24) is 4.98 Å². The van der Waals surface area contributed by atoms with Crippen molar-refractivity contribution in [2.75, 3.05) is 18.5 Å². The fourth-order valence-corrected chi connectivity index (χ4v) is 2.30. The predicted molar refractivity (Wildman–Crippen MR) is 83.1 cm³/mol. The molecule has 1 saturated heterocycles. The quantitative estimate of drug-likeness (QED) is 0.922. The summed E-state index contributed by atoms with van der Waals surface area (Å²) in [6.45, 7) is 1.40. The van der Waals surface area contributed by atoms with Gasteiger partial charge in [0.2, 0.25) is 0 Å². The van der Waals surface area contributed by atoms with Crippen molar-refractivity contribution in [3.63, 3.8) is 0 Å². The third kappa shape index (κ3) is 3.83. The van der Waals surface area contributed by atoms with Crippen LogP contribution in [0.2, 0.25) is 0 Å². The number of anilines is 1. The van der Waals surface area contributed by atoms with E-state index in [0.29, 0.717) is 12.2 Å². The molecule has 0 bridgehead atoms. The van der Waals surface area contributed by atoms with Crippen molar-refractivity contribution in [2.24, 2.45) is 0 Å². The zero-order chi connectivity index (χ0) is 15.2. The van der Waals surface area contributed by atoms with E-state index >= 15 is 0 Å². The second kappa shape index (κ2) is 7.04. The molecule has 0 saturated carbocycles. The Bertz CT molecular complexity index is 608. The summed E-state index contributed by atoms with van der Waals surface area (Å²) in [6, 6.07) is 10.8. The van der Waals surface area contributed by atoms with Gasteiger partial charge < -0.3 is 14.8 Å². The minimum Gasteiger partial charge on any atom is -0.491 e. The summed E-state index contributed by atoms with van der Waals surface area (Å²) in [5, 5.41) is 2.82. The maximum absolute atomic E-state index is 12.0. The molecule has 114 valence electrons. The van der Waals surface area contributed by atoms with Crippen LogP contribution in [0.25, 0.3) is 0 Å². The number of pyridine rings is 1. The van der Waals surface area contributed by atoms with Crippen LogP contribution in [0.3, 0.4) is 0 Å². The molecule has 5 heteroatoms. The van der Waals surface area contributed by atoms with Crippen LogP contribution in [0.5, 0.6) is 5.75 Å². The molecule has 1 atom stereocenters. The van der Waals surface area contributed by atoms with Gasteiger partial charge in [-0.15, -0.1) is 0 Å². The van der Waals surface area contributed by atoms with Crippen molar-refractivity contribution in [3.05, 3.63) is 54.4 Å². The van der Waals surface area contributed by atoms with Crippen LogP contribution >= 0.6 is 0 Å². The molecule has 1 aliphatic heterocycles. The Hall–Kier alpha value is -2.40. The lowest BCUT2D eigenvalue weighted by Crippen LogP contribution is -2.16. The number of rotatable bonds is 5. The number of amides is 1. The molecule has 1 N–H and O–H groups in total. The normalized spacial score (nSPS) is 17.2. The van der Waals surface area contributed by atoms with Crippen molar-refractivity contribution in [3.8, 4) is 5.75 Å². The fourth-order valence-electron chi connectivity index (χ4n) is 2.30. The number of nitrogens with one attached hydrogen (secondary N) is 1. The van der Waals surface area contributed by atoms with E-state index in [1.165, 1.54) is 6.20 Å². The monoisotopic (exact) mass is 298 g/mol. The smallest absolute Gasteiger partial charge is 0.257 e. The van der Waals surface area contributed by atoms with E-state index < -0.39 is 0 Å². The van der Waals surface area contributed by atoms with E-state index in [9.17, 15) is 4.79 Å². The zero-order valence-electron chi connectivity index (χ0n) is 12.2. The van der Waals surface area contributed by atoms with Crippen LogP contribution in [0.15, 0.2) is 48.8 Å². The number of nitrogens with zero attached hydrogens (tertiary/aromatic N) is 1. The average molecular weight is 298 g/mol. The molecule has 0 spiro atoms. The third-order valence-electron chi connectivity index (χ3n) is 3.50. The van der Waals surface area contributed by atoms with E-state index in [-0.39, 0.29) is 12.0 Å². The largest absolute Gasteiger partial charge is 0.491 e. The fraction of sp³-hybridized carbons (Fsp3) is 0.294. The molecule has 0 aliphatic carbocycles. The molecule has 1 aromatic carbocycles. The predicted octanol–water partition coefficient (Wildman–Crippen LogP) is 2.89. The van der Waals surface area contributed by atoms with E-state index in [1.807, 2.05) is 24.3 Å². The minimum atomic E-state index is -0.180. The van der Waals surface area contributed by atoms with Gasteiger partial charge in [-0.05, 0) is 49.2 Å². The zero-order valence-corrected chi connectivity index (χ0v) is 12.2. The average Bonchev–Trinajstić information content (AvgIpc) is 3.08. The minimum absolute atomic E-state index is 0.180. The third-order valence-corrected chi connectivity index (χ3v) is 3.50. The van der Waals surface area contributed by atoms with Crippen molar-refractivity contribution >= 4 is 11.6 Å². The molecule has 1 aromatic heterocycles. The van der Waals surface area contributed by atoms with Gasteiger partial charge in [-0.3, -0.25) is 9.78 Å². The molecule has 5 nitrogen and oxygen atoms in total. The van der Waals surface area contributed by atoms with Gasteiger partial charge in [0, 0.05) is 24.7 Å². The number of carbonyl (C=O) groups is 1. The van der Waals surface area contributed by atoms with E-state index in [1.54, 1.807) is 18.3 Å². The number of aromatic nitrogens is 1. The molecule has 0 radical (unpaired) electrons. The number of hydrogen-bond acceptors (Lipinski definition) is 4. The van der Waals surface area contributed by atoms with Gasteiger partial charge in [-0.25, -0.2) is 0 Å². The van der Waals surface area contributed by atoms with Gasteiger partial charge in [0.1, 0.15) is 12.4 Å². The first-order valence-corrected chi connectivity index (χ1v) is 7.37. The van der Waals surface area contributed by atoms with Gasteiger partial charge in [0.15, 0.2) is 0 Å². The Kier molecular flexibility index (Phi) is 4.65. The lowest BCUT2D eigenvalue weighted by Gasteiger charge is -2.12. The Labute approximate surface area is 129 Å². The van der Waals surface area contributed by atoms with E-state index in [4.69, 9.17) is 9.47 Å². The second-order valence-electron chi connectivity index (χ2n) is 5.17. The molecular formula is C17H18N2O3. The number of hydrogen-bond donors (Lipinski definition) is 1. The molecule has 1 fully saturated rings. The van der Waals surface area contributed by atoms with Gasteiger partial charge in [0.25, 0.3) is 5.91 Å². The molecule has 1 aliphatic rings. The lowest BCUT2D eigenvalue weighted by molar-refractivity contribution is 0.0679. The van der Waals surface area contributed by atoms with Crippen molar-refractivity contribution in [1.29, 1.82) is 0 Å². The molecule has 0 unspecified atom stereocenters. The van der Waals surface area contributed by atoms with Crippen LogP contribution in [0.1, 0.15) is 23.2 Å². The SMILES string of the molecule is O=C(Nc1ccc(OC[C@H]2CCCO2)cc1)c1cccnc1. The van der Waals surface area contributed by atoms with Crippen LogP contribution in [0, 0.1) is 0 Å². The molecule has 22 heavy (non-hydrogen) atoms. The molecular weight excluding hydrogens is 280 g/mol. The van der Waals surface area contributed by atoms with Crippen molar-refractivity contribution < 1.29 is 14.3 Å².